The number of anilines is 1. The van der Waals surface area contributed by atoms with Crippen molar-refractivity contribution in [2.45, 2.75) is 6.92 Å². The molecule has 0 bridgehead atoms. The molecule has 3 aromatic rings. The summed E-state index contributed by atoms with van der Waals surface area (Å²) in [5.74, 6) is 1.60. The number of rotatable bonds is 7. The van der Waals surface area contributed by atoms with Crippen molar-refractivity contribution < 1.29 is 19.1 Å². The van der Waals surface area contributed by atoms with Crippen LogP contribution in [0.2, 0.25) is 0 Å². The monoisotopic (exact) mass is 414 g/mol. The van der Waals surface area contributed by atoms with Gasteiger partial charge in [-0.2, -0.15) is 0 Å². The van der Waals surface area contributed by atoms with Crippen molar-refractivity contribution in [3.05, 3.63) is 90.5 Å². The topological polar surface area (TPSA) is 67.9 Å². The molecule has 156 valence electrons. The minimum absolute atomic E-state index is 0.100. The van der Waals surface area contributed by atoms with Crippen LogP contribution in [0.15, 0.2) is 79.4 Å². The van der Waals surface area contributed by atoms with Crippen molar-refractivity contribution in [2.75, 3.05) is 18.5 Å². The van der Waals surface area contributed by atoms with Crippen LogP contribution in [0.1, 0.15) is 22.8 Å². The Morgan fingerprint density at radius 1 is 0.903 bits per heavy atom. The summed E-state index contributed by atoms with van der Waals surface area (Å²) < 4.78 is 11.2. The Hall–Kier alpha value is -4.06. The number of carbonyl (C=O) groups excluding carboxylic acids is 2. The van der Waals surface area contributed by atoms with E-state index in [4.69, 9.17) is 9.47 Å². The van der Waals surface area contributed by atoms with Gasteiger partial charge in [0.1, 0.15) is 23.8 Å². The molecule has 6 heteroatoms. The average molecular weight is 414 g/mol. The fourth-order valence-corrected chi connectivity index (χ4v) is 3.36. The summed E-state index contributed by atoms with van der Waals surface area (Å²) in [5.41, 5.74) is 2.47. The number of hydrogen-bond donors (Lipinski definition) is 1. The van der Waals surface area contributed by atoms with E-state index >= 15 is 0 Å². The average Bonchev–Trinajstić information content (AvgIpc) is 3.02. The van der Waals surface area contributed by atoms with Crippen LogP contribution in [0.5, 0.6) is 17.2 Å². The molecule has 0 fully saturated rings. The van der Waals surface area contributed by atoms with E-state index in [1.807, 2.05) is 43.3 Å². The fourth-order valence-electron chi connectivity index (χ4n) is 3.36. The normalized spacial score (nSPS) is 12.5. The first-order valence-corrected chi connectivity index (χ1v) is 9.96. The van der Waals surface area contributed by atoms with Crippen LogP contribution in [0.4, 0.5) is 5.69 Å². The molecular weight excluding hydrogens is 392 g/mol. The summed E-state index contributed by atoms with van der Waals surface area (Å²) in [6.07, 6.45) is 0. The number of nitrogens with zero attached hydrogens (tertiary/aromatic N) is 1. The molecule has 1 aliphatic rings. The molecule has 0 aromatic heterocycles. The van der Waals surface area contributed by atoms with Gasteiger partial charge in [-0.15, -0.1) is 0 Å². The van der Waals surface area contributed by atoms with Gasteiger partial charge in [0.2, 0.25) is 5.91 Å². The maximum absolute atomic E-state index is 12.5. The maximum atomic E-state index is 12.5. The molecule has 6 nitrogen and oxygen atoms in total. The number of benzene rings is 3. The summed E-state index contributed by atoms with van der Waals surface area (Å²) in [6, 6.07) is 21.6. The number of nitrogens with one attached hydrogen (secondary N) is 1. The molecule has 0 aliphatic carbocycles. The second kappa shape index (κ2) is 8.75. The van der Waals surface area contributed by atoms with E-state index in [1.165, 1.54) is 4.90 Å². The minimum Gasteiger partial charge on any atom is -0.494 e. The molecule has 1 aliphatic heterocycles. The molecule has 0 atom stereocenters. The van der Waals surface area contributed by atoms with Crippen molar-refractivity contribution in [2.24, 2.45) is 0 Å². The fraction of sp³-hybridized carbons (Fsp3) is 0.120. The molecule has 0 unspecified atom stereocenters. The van der Waals surface area contributed by atoms with Crippen molar-refractivity contribution in [3.63, 3.8) is 0 Å². The Balaban J connectivity index is 1.34. The van der Waals surface area contributed by atoms with Gasteiger partial charge in [0.25, 0.3) is 5.91 Å². The molecule has 0 saturated heterocycles. The van der Waals surface area contributed by atoms with E-state index in [2.05, 4.69) is 11.9 Å². The Labute approximate surface area is 180 Å². The molecule has 1 N–H and O–H groups in total. The Morgan fingerprint density at radius 2 is 1.48 bits per heavy atom. The van der Waals surface area contributed by atoms with Gasteiger partial charge in [0.05, 0.1) is 6.61 Å². The van der Waals surface area contributed by atoms with Gasteiger partial charge >= 0.3 is 0 Å². The highest BCUT2D eigenvalue weighted by molar-refractivity contribution is 6.11. The SMILES string of the molecule is C=C1c2ccccc2C(=O)N1CC(=O)Nc1ccc(Oc2ccc(OCC)cc2)cc1. The lowest BCUT2D eigenvalue weighted by molar-refractivity contribution is -0.116. The second-order valence-corrected chi connectivity index (χ2v) is 6.96. The first-order valence-electron chi connectivity index (χ1n) is 9.96. The van der Waals surface area contributed by atoms with E-state index in [1.54, 1.807) is 36.4 Å². The van der Waals surface area contributed by atoms with Gasteiger partial charge in [-0.1, -0.05) is 24.8 Å². The molecule has 31 heavy (non-hydrogen) atoms. The van der Waals surface area contributed by atoms with Gasteiger partial charge in [0, 0.05) is 22.5 Å². The van der Waals surface area contributed by atoms with Crippen LogP contribution in [0, 0.1) is 0 Å². The summed E-state index contributed by atoms with van der Waals surface area (Å²) in [7, 11) is 0. The summed E-state index contributed by atoms with van der Waals surface area (Å²) in [4.78, 5) is 26.4. The minimum atomic E-state index is -0.303. The summed E-state index contributed by atoms with van der Waals surface area (Å²) in [6.45, 7) is 6.40. The van der Waals surface area contributed by atoms with Crippen molar-refractivity contribution in [3.8, 4) is 17.2 Å². The lowest BCUT2D eigenvalue weighted by Gasteiger charge is -2.17. The van der Waals surface area contributed by atoms with Crippen LogP contribution < -0.4 is 14.8 Å². The molecular formula is C25H22N2O4. The lowest BCUT2D eigenvalue weighted by atomic mass is 10.1. The predicted molar refractivity (Wildman–Crippen MR) is 119 cm³/mol. The summed E-state index contributed by atoms with van der Waals surface area (Å²) >= 11 is 0. The zero-order valence-corrected chi connectivity index (χ0v) is 17.1. The molecule has 0 radical (unpaired) electrons. The smallest absolute Gasteiger partial charge is 0.259 e. The Bertz CT molecular complexity index is 1090. The maximum Gasteiger partial charge on any atom is 0.259 e. The second-order valence-electron chi connectivity index (χ2n) is 6.96. The number of ether oxygens (including phenoxy) is 2. The van der Waals surface area contributed by atoms with Gasteiger partial charge in [-0.25, -0.2) is 0 Å². The molecule has 0 spiro atoms. The summed E-state index contributed by atoms with van der Waals surface area (Å²) in [5, 5.41) is 2.80. The van der Waals surface area contributed by atoms with Crippen molar-refractivity contribution in [1.82, 2.24) is 4.90 Å². The molecule has 4 rings (SSSR count). The number of carbonyl (C=O) groups is 2. The van der Waals surface area contributed by atoms with Crippen molar-refractivity contribution in [1.29, 1.82) is 0 Å². The Kier molecular flexibility index (Phi) is 5.71. The van der Waals surface area contributed by atoms with Crippen LogP contribution in [0.3, 0.4) is 0 Å². The largest absolute Gasteiger partial charge is 0.494 e. The predicted octanol–water partition coefficient (Wildman–Crippen LogP) is 4.94. The van der Waals surface area contributed by atoms with Crippen LogP contribution in [0.25, 0.3) is 5.70 Å². The van der Waals surface area contributed by atoms with Gasteiger partial charge in [-0.05, 0) is 61.5 Å². The molecule has 2 amide bonds. The van der Waals surface area contributed by atoms with Crippen LogP contribution >= 0.6 is 0 Å². The van der Waals surface area contributed by atoms with E-state index in [0.717, 1.165) is 11.3 Å². The molecule has 1 heterocycles. The molecule has 0 saturated carbocycles. The zero-order chi connectivity index (χ0) is 21.8. The lowest BCUT2D eigenvalue weighted by Crippen LogP contribution is -2.32. The number of amides is 2. The third-order valence-electron chi connectivity index (χ3n) is 4.85. The van der Waals surface area contributed by atoms with Crippen LogP contribution in [-0.4, -0.2) is 29.9 Å². The van der Waals surface area contributed by atoms with Gasteiger partial charge in [0.15, 0.2) is 0 Å². The third kappa shape index (κ3) is 4.43. The standard InChI is InChI=1S/C25H22N2O4/c1-3-30-19-12-14-21(15-13-19)31-20-10-8-18(9-11-20)26-24(28)16-27-17(2)22-6-4-5-7-23(22)25(27)29/h4-15H,2-3,16H2,1H3,(H,26,28). The van der Waals surface area contributed by atoms with E-state index < -0.39 is 0 Å². The zero-order valence-electron chi connectivity index (χ0n) is 17.1. The van der Waals surface area contributed by atoms with Crippen LogP contribution in [-0.2, 0) is 4.79 Å². The number of hydrogen-bond acceptors (Lipinski definition) is 4. The van der Waals surface area contributed by atoms with Gasteiger partial charge in [-0.3, -0.25) is 14.5 Å². The quantitative estimate of drug-likeness (QED) is 0.594. The third-order valence-corrected chi connectivity index (χ3v) is 4.85. The number of fused-ring (bicyclic) bond motifs is 1. The highest BCUT2D eigenvalue weighted by Crippen LogP contribution is 2.31. The first kappa shape index (κ1) is 20.2. The molecule has 3 aromatic carbocycles. The highest BCUT2D eigenvalue weighted by Gasteiger charge is 2.31. The van der Waals surface area contributed by atoms with E-state index in [-0.39, 0.29) is 18.4 Å². The highest BCUT2D eigenvalue weighted by atomic mass is 16.5. The Morgan fingerprint density at radius 3 is 2.10 bits per heavy atom. The first-order chi connectivity index (χ1) is 15.0. The van der Waals surface area contributed by atoms with Crippen molar-refractivity contribution >= 4 is 23.2 Å². The van der Waals surface area contributed by atoms with Gasteiger partial charge < -0.3 is 14.8 Å². The van der Waals surface area contributed by atoms with E-state index in [0.29, 0.717) is 35.1 Å². The van der Waals surface area contributed by atoms with E-state index in [9.17, 15) is 9.59 Å².